The number of fused-ring (bicyclic) bond motifs is 1. The van der Waals surface area contributed by atoms with E-state index in [-0.39, 0.29) is 29.1 Å². The summed E-state index contributed by atoms with van der Waals surface area (Å²) in [6.07, 6.45) is 2.94. The minimum Gasteiger partial charge on any atom is -0.352 e. The van der Waals surface area contributed by atoms with Crippen LogP contribution < -0.4 is 5.32 Å². The van der Waals surface area contributed by atoms with Crippen LogP contribution in [0.15, 0.2) is 48.7 Å². The lowest BCUT2D eigenvalue weighted by Crippen LogP contribution is -2.37. The number of carbonyl (C=O) groups excluding carboxylic acids is 1. The van der Waals surface area contributed by atoms with E-state index in [0.717, 1.165) is 17.3 Å². The Kier molecular flexibility index (Phi) is 5.00. The van der Waals surface area contributed by atoms with Gasteiger partial charge in [-0.2, -0.15) is 5.10 Å². The topological polar surface area (TPSA) is 62.7 Å². The van der Waals surface area contributed by atoms with Crippen LogP contribution in [-0.4, -0.2) is 20.7 Å². The predicted molar refractivity (Wildman–Crippen MR) is 114 cm³/mol. The zero-order valence-electron chi connectivity index (χ0n) is 17.3. The van der Waals surface area contributed by atoms with E-state index in [1.54, 1.807) is 16.8 Å². The third kappa shape index (κ3) is 3.66. The van der Waals surface area contributed by atoms with E-state index in [4.69, 9.17) is 0 Å². The van der Waals surface area contributed by atoms with E-state index < -0.39 is 11.6 Å². The fraction of sp³-hybridized carbons (Fsp3) is 0.250. The van der Waals surface area contributed by atoms with Crippen molar-refractivity contribution in [1.29, 1.82) is 0 Å². The molecule has 2 N–H and O–H groups in total. The molecule has 0 atom stereocenters. The van der Waals surface area contributed by atoms with E-state index in [9.17, 15) is 18.0 Å². The Bertz CT molecular complexity index is 1300. The summed E-state index contributed by atoms with van der Waals surface area (Å²) >= 11 is 0. The summed E-state index contributed by atoms with van der Waals surface area (Å²) < 4.78 is 43.6. The van der Waals surface area contributed by atoms with Crippen LogP contribution in [0.1, 0.15) is 30.0 Å². The van der Waals surface area contributed by atoms with Crippen molar-refractivity contribution in [2.24, 2.45) is 13.0 Å². The Morgan fingerprint density at radius 2 is 1.88 bits per heavy atom. The van der Waals surface area contributed by atoms with E-state index in [0.29, 0.717) is 36.0 Å². The maximum Gasteiger partial charge on any atom is 0.223 e. The molecule has 1 fully saturated rings. The summed E-state index contributed by atoms with van der Waals surface area (Å²) in [5.41, 5.74) is 3.06. The third-order valence-corrected chi connectivity index (χ3v) is 6.13. The molecule has 0 spiro atoms. The maximum absolute atomic E-state index is 14.5. The van der Waals surface area contributed by atoms with Gasteiger partial charge < -0.3 is 10.3 Å². The number of aromatic nitrogens is 3. The molecule has 0 radical (unpaired) electrons. The Hall–Kier alpha value is -3.55. The number of aromatic amines is 1. The number of nitrogens with one attached hydrogen (secondary N) is 2. The average molecular weight is 438 g/mol. The van der Waals surface area contributed by atoms with E-state index in [1.807, 2.05) is 19.3 Å². The van der Waals surface area contributed by atoms with Gasteiger partial charge in [-0.1, -0.05) is 0 Å². The second-order valence-corrected chi connectivity index (χ2v) is 8.29. The van der Waals surface area contributed by atoms with E-state index in [2.05, 4.69) is 15.4 Å². The Balaban J connectivity index is 1.40. The van der Waals surface area contributed by atoms with Crippen LogP contribution in [0.5, 0.6) is 0 Å². The number of amides is 1. The zero-order valence-corrected chi connectivity index (χ0v) is 17.3. The predicted octanol–water partition coefficient (Wildman–Crippen LogP) is 4.80. The molecule has 5 rings (SSSR count). The molecule has 0 unspecified atom stereocenters. The molecule has 8 heteroatoms. The summed E-state index contributed by atoms with van der Waals surface area (Å²) in [6.45, 7) is 0.352. The van der Waals surface area contributed by atoms with Crippen molar-refractivity contribution < 1.29 is 18.0 Å². The molecule has 5 nitrogen and oxygen atoms in total. The molecule has 1 saturated carbocycles. The first-order valence-electron chi connectivity index (χ1n) is 10.4. The molecule has 164 valence electrons. The van der Waals surface area contributed by atoms with Gasteiger partial charge in [0.05, 0.1) is 23.4 Å². The van der Waals surface area contributed by atoms with Crippen molar-refractivity contribution in [2.75, 3.05) is 0 Å². The monoisotopic (exact) mass is 438 g/mol. The number of H-pyrrole nitrogens is 1. The van der Waals surface area contributed by atoms with Gasteiger partial charge >= 0.3 is 0 Å². The number of aryl methyl sites for hydroxylation is 1. The minimum absolute atomic E-state index is 0.0457. The Labute approximate surface area is 182 Å². The fourth-order valence-corrected chi connectivity index (χ4v) is 4.46. The molecule has 4 aromatic rings. The van der Waals surface area contributed by atoms with Gasteiger partial charge in [0.1, 0.15) is 17.5 Å². The number of hydrogen-bond donors (Lipinski definition) is 2. The number of benzene rings is 2. The highest BCUT2D eigenvalue weighted by Gasteiger charge is 2.38. The van der Waals surface area contributed by atoms with Gasteiger partial charge in [-0.3, -0.25) is 9.48 Å². The molecule has 0 aliphatic heterocycles. The Morgan fingerprint density at radius 1 is 1.12 bits per heavy atom. The highest BCUT2D eigenvalue weighted by molar-refractivity contribution is 5.92. The molecule has 1 aliphatic rings. The molecule has 1 aliphatic carbocycles. The normalized spacial score (nSPS) is 18.0. The largest absolute Gasteiger partial charge is 0.352 e. The van der Waals surface area contributed by atoms with Gasteiger partial charge in [0.2, 0.25) is 5.91 Å². The molecule has 32 heavy (non-hydrogen) atoms. The van der Waals surface area contributed by atoms with Gasteiger partial charge in [0.15, 0.2) is 0 Å². The zero-order chi connectivity index (χ0) is 22.4. The lowest BCUT2D eigenvalue weighted by molar-refractivity contribution is -0.128. The number of halogens is 3. The van der Waals surface area contributed by atoms with Crippen LogP contribution in [0.2, 0.25) is 0 Å². The van der Waals surface area contributed by atoms with Crippen LogP contribution in [0, 0.1) is 23.4 Å². The van der Waals surface area contributed by atoms with Crippen molar-refractivity contribution >= 4 is 16.8 Å². The van der Waals surface area contributed by atoms with Gasteiger partial charge in [-0.15, -0.1) is 0 Å². The standard InChI is InChI=1S/C24H21F3N4O/c1-31-7-6-18(30-31)12-28-24(32)15-8-14(9-15)21-19-10-17(26)11-20(27)23(19)29-22(21)13-2-4-16(25)5-3-13/h2-7,10-11,14-15,29H,8-9,12H2,1H3,(H,28,32). The first-order chi connectivity index (χ1) is 15.4. The SMILES string of the molecule is Cn1ccc(CNC(=O)C2CC(c3c(-c4ccc(F)cc4)[nH]c4c(F)cc(F)cc34)C2)n1. The average Bonchev–Trinajstić information content (AvgIpc) is 3.30. The second-order valence-electron chi connectivity index (χ2n) is 8.29. The van der Waals surface area contributed by atoms with Gasteiger partial charge in [0.25, 0.3) is 0 Å². The first-order valence-corrected chi connectivity index (χ1v) is 10.4. The lowest BCUT2D eigenvalue weighted by Gasteiger charge is -2.35. The molecule has 0 bridgehead atoms. The fourth-order valence-electron chi connectivity index (χ4n) is 4.46. The van der Waals surface area contributed by atoms with Crippen molar-refractivity contribution in [1.82, 2.24) is 20.1 Å². The first kappa shape index (κ1) is 20.4. The smallest absolute Gasteiger partial charge is 0.223 e. The van der Waals surface area contributed by atoms with Gasteiger partial charge in [-0.25, -0.2) is 13.2 Å². The number of carbonyl (C=O) groups is 1. The van der Waals surface area contributed by atoms with Gasteiger partial charge in [-0.05, 0) is 66.3 Å². The Morgan fingerprint density at radius 3 is 2.56 bits per heavy atom. The summed E-state index contributed by atoms with van der Waals surface area (Å²) in [6, 6.07) is 9.86. The quantitative estimate of drug-likeness (QED) is 0.470. The highest BCUT2D eigenvalue weighted by atomic mass is 19.1. The number of hydrogen-bond acceptors (Lipinski definition) is 2. The summed E-state index contributed by atoms with van der Waals surface area (Å²) in [4.78, 5) is 15.6. The van der Waals surface area contributed by atoms with Crippen LogP contribution in [0.3, 0.4) is 0 Å². The maximum atomic E-state index is 14.5. The van der Waals surface area contributed by atoms with Crippen molar-refractivity contribution in [3.05, 3.63) is 77.4 Å². The highest BCUT2D eigenvalue weighted by Crippen LogP contribution is 2.48. The van der Waals surface area contributed by atoms with E-state index >= 15 is 0 Å². The molecular formula is C24H21F3N4O. The van der Waals surface area contributed by atoms with Crippen molar-refractivity contribution in [3.63, 3.8) is 0 Å². The number of rotatable bonds is 5. The summed E-state index contributed by atoms with van der Waals surface area (Å²) in [5.74, 6) is -2.02. The molecule has 2 aromatic carbocycles. The molecule has 2 aromatic heterocycles. The van der Waals surface area contributed by atoms with Crippen molar-refractivity contribution in [3.8, 4) is 11.3 Å². The van der Waals surface area contributed by atoms with Gasteiger partial charge in [0, 0.05) is 30.6 Å². The van der Waals surface area contributed by atoms with Crippen molar-refractivity contribution in [2.45, 2.75) is 25.3 Å². The minimum atomic E-state index is -0.682. The van der Waals surface area contributed by atoms with E-state index in [1.165, 1.54) is 18.2 Å². The molecular weight excluding hydrogens is 417 g/mol. The molecule has 0 saturated heterocycles. The molecule has 2 heterocycles. The van der Waals surface area contributed by atoms with Crippen LogP contribution in [0.25, 0.3) is 22.2 Å². The third-order valence-electron chi connectivity index (χ3n) is 6.13. The summed E-state index contributed by atoms with van der Waals surface area (Å²) in [5, 5.41) is 7.60. The van der Waals surface area contributed by atoms with Crippen LogP contribution in [-0.2, 0) is 18.4 Å². The lowest BCUT2D eigenvalue weighted by atomic mass is 9.70. The molecule has 1 amide bonds. The second kappa shape index (κ2) is 7.85. The summed E-state index contributed by atoms with van der Waals surface area (Å²) in [7, 11) is 1.81. The van der Waals surface area contributed by atoms with Crippen LogP contribution in [0.4, 0.5) is 13.2 Å². The van der Waals surface area contributed by atoms with Crippen LogP contribution >= 0.6 is 0 Å². The number of nitrogens with zero attached hydrogens (tertiary/aromatic N) is 2.